The van der Waals surface area contributed by atoms with E-state index in [0.29, 0.717) is 10.7 Å². The van der Waals surface area contributed by atoms with Crippen molar-refractivity contribution in [3.05, 3.63) is 45.7 Å². The summed E-state index contributed by atoms with van der Waals surface area (Å²) in [5.74, 6) is -1.27. The summed E-state index contributed by atoms with van der Waals surface area (Å²) in [5, 5.41) is 19.6. The van der Waals surface area contributed by atoms with Crippen molar-refractivity contribution in [2.75, 3.05) is 5.43 Å². The maximum Gasteiger partial charge on any atom is 0.0754 e. The number of carbonyl (C=O) groups is 1. The van der Waals surface area contributed by atoms with Gasteiger partial charge in [-0.1, -0.05) is 17.7 Å². The number of nitrogens with one attached hydrogen (secondary N) is 1. The summed E-state index contributed by atoms with van der Waals surface area (Å²) in [4.78, 5) is 10.8. The molecule has 0 atom stereocenters. The van der Waals surface area contributed by atoms with E-state index < -0.39 is 5.97 Å². The third-order valence-corrected chi connectivity index (χ3v) is 3.48. The Labute approximate surface area is 127 Å². The van der Waals surface area contributed by atoms with Crippen molar-refractivity contribution in [3.63, 3.8) is 0 Å². The highest BCUT2D eigenvalue weighted by molar-refractivity contribution is 6.33. The molecule has 0 aliphatic heterocycles. The molecule has 1 N–H and O–H groups in total. The van der Waals surface area contributed by atoms with Crippen molar-refractivity contribution < 1.29 is 9.90 Å². The molecule has 0 radical (unpaired) electrons. The number of carboxylic acid groups (broad SMARTS) is 1. The van der Waals surface area contributed by atoms with Crippen LogP contribution in [0.3, 0.4) is 0 Å². The maximum absolute atomic E-state index is 10.8. The molecule has 21 heavy (non-hydrogen) atoms. The third kappa shape index (κ3) is 3.22. The van der Waals surface area contributed by atoms with Crippen molar-refractivity contribution in [2.45, 2.75) is 13.8 Å². The Morgan fingerprint density at radius 3 is 2.76 bits per heavy atom. The Morgan fingerprint density at radius 2 is 2.19 bits per heavy atom. The fourth-order valence-electron chi connectivity index (χ4n) is 1.88. The van der Waals surface area contributed by atoms with Gasteiger partial charge in [-0.15, -0.1) is 0 Å². The Kier molecular flexibility index (Phi) is 4.28. The van der Waals surface area contributed by atoms with Crippen molar-refractivity contribution in [1.82, 2.24) is 9.78 Å². The first-order chi connectivity index (χ1) is 9.90. The fraction of sp³-hybridized carbons (Fsp3) is 0.214. The van der Waals surface area contributed by atoms with Crippen LogP contribution in [0.2, 0.25) is 5.02 Å². The minimum absolute atomic E-state index is 0.0332. The number of hydrazone groups is 1. The average molecular weight is 306 g/mol. The average Bonchev–Trinajstić information content (AvgIpc) is 2.66. The van der Waals surface area contributed by atoms with Gasteiger partial charge in [0.05, 0.1) is 28.6 Å². The number of hydrogen-bond donors (Lipinski definition) is 1. The van der Waals surface area contributed by atoms with Gasteiger partial charge in [-0.3, -0.25) is 10.1 Å². The van der Waals surface area contributed by atoms with Crippen LogP contribution in [-0.4, -0.2) is 22.0 Å². The number of aryl methyl sites for hydroxylation is 2. The highest BCUT2D eigenvalue weighted by atomic mass is 35.5. The third-order valence-electron chi connectivity index (χ3n) is 3.15. The minimum Gasteiger partial charge on any atom is -0.545 e. The van der Waals surface area contributed by atoms with E-state index in [1.165, 1.54) is 18.2 Å². The van der Waals surface area contributed by atoms with E-state index >= 15 is 0 Å². The van der Waals surface area contributed by atoms with Crippen molar-refractivity contribution in [3.8, 4) is 0 Å². The Hall–Kier alpha value is -2.34. The second-order valence-electron chi connectivity index (χ2n) is 4.56. The van der Waals surface area contributed by atoms with Crippen LogP contribution < -0.4 is 10.5 Å². The Bertz CT molecular complexity index is 722. The maximum atomic E-state index is 10.8. The summed E-state index contributed by atoms with van der Waals surface area (Å²) in [5.41, 5.74) is 5.90. The second-order valence-corrected chi connectivity index (χ2v) is 4.97. The van der Waals surface area contributed by atoms with E-state index in [4.69, 9.17) is 11.6 Å². The Balaban J connectivity index is 2.21. The number of aromatic carboxylic acids is 1. The molecular formula is C14H14ClN4O2-. The first kappa shape index (κ1) is 15.1. The van der Waals surface area contributed by atoms with Crippen LogP contribution in [0.5, 0.6) is 0 Å². The lowest BCUT2D eigenvalue weighted by molar-refractivity contribution is -0.255. The summed E-state index contributed by atoms with van der Waals surface area (Å²) in [7, 11) is 1.85. The van der Waals surface area contributed by atoms with Gasteiger partial charge in [0.15, 0.2) is 0 Å². The van der Waals surface area contributed by atoms with Gasteiger partial charge in [0.25, 0.3) is 0 Å². The minimum atomic E-state index is -1.27. The lowest BCUT2D eigenvalue weighted by Gasteiger charge is -2.07. The number of carbonyl (C=O) groups excluding carboxylic acids is 1. The molecule has 0 unspecified atom stereocenters. The Morgan fingerprint density at radius 1 is 1.48 bits per heavy atom. The highest BCUT2D eigenvalue weighted by Gasteiger charge is 2.06. The zero-order chi connectivity index (χ0) is 15.6. The van der Waals surface area contributed by atoms with E-state index in [1.807, 2.05) is 20.9 Å². The van der Waals surface area contributed by atoms with Crippen LogP contribution in [0, 0.1) is 13.8 Å². The molecule has 1 aromatic carbocycles. The molecule has 0 aliphatic rings. The van der Waals surface area contributed by atoms with E-state index in [-0.39, 0.29) is 5.56 Å². The van der Waals surface area contributed by atoms with Gasteiger partial charge >= 0.3 is 0 Å². The number of rotatable bonds is 4. The summed E-state index contributed by atoms with van der Waals surface area (Å²) in [6, 6.07) is 4.23. The zero-order valence-corrected chi connectivity index (χ0v) is 12.6. The molecule has 0 aliphatic carbocycles. The van der Waals surface area contributed by atoms with Gasteiger partial charge in [-0.2, -0.15) is 10.2 Å². The molecule has 110 valence electrons. The predicted molar refractivity (Wildman–Crippen MR) is 79.7 cm³/mol. The molecule has 2 aromatic rings. The molecule has 0 saturated heterocycles. The summed E-state index contributed by atoms with van der Waals surface area (Å²) in [6.07, 6.45) is 1.62. The van der Waals surface area contributed by atoms with Crippen molar-refractivity contribution in [2.24, 2.45) is 12.1 Å². The van der Waals surface area contributed by atoms with Gasteiger partial charge in [0.2, 0.25) is 0 Å². The summed E-state index contributed by atoms with van der Waals surface area (Å²) >= 11 is 5.98. The molecule has 2 rings (SSSR count). The quantitative estimate of drug-likeness (QED) is 0.685. The molecular weight excluding hydrogens is 292 g/mol. The van der Waals surface area contributed by atoms with Crippen LogP contribution in [0.1, 0.15) is 27.3 Å². The van der Waals surface area contributed by atoms with Gasteiger partial charge in [0.1, 0.15) is 0 Å². The summed E-state index contributed by atoms with van der Waals surface area (Å²) < 4.78 is 1.76. The molecule has 7 heteroatoms. The summed E-state index contributed by atoms with van der Waals surface area (Å²) in [6.45, 7) is 3.82. The van der Waals surface area contributed by atoms with Gasteiger partial charge in [-0.05, 0) is 31.5 Å². The van der Waals surface area contributed by atoms with Crippen LogP contribution in [0.4, 0.5) is 5.69 Å². The zero-order valence-electron chi connectivity index (χ0n) is 11.8. The van der Waals surface area contributed by atoms with E-state index in [0.717, 1.165) is 17.0 Å². The van der Waals surface area contributed by atoms with Gasteiger partial charge in [0, 0.05) is 18.3 Å². The standard InChI is InChI=1S/C14H15ClN4O2/c1-8-11(9(2)19(3)18-8)7-16-17-13-6-10(14(20)21)4-5-12(13)15/h4-7,17H,1-3H3,(H,20,21)/p-1/b16-7-. The molecule has 1 aromatic heterocycles. The number of benzene rings is 1. The molecule has 0 saturated carbocycles. The van der Waals surface area contributed by atoms with Crippen LogP contribution in [0.15, 0.2) is 23.3 Å². The molecule has 0 fully saturated rings. The lowest BCUT2D eigenvalue weighted by atomic mass is 10.2. The number of carboxylic acids is 1. The molecule has 6 nitrogen and oxygen atoms in total. The van der Waals surface area contributed by atoms with Gasteiger partial charge < -0.3 is 9.90 Å². The smallest absolute Gasteiger partial charge is 0.0754 e. The second kappa shape index (κ2) is 5.97. The number of anilines is 1. The number of hydrogen-bond acceptors (Lipinski definition) is 5. The van der Waals surface area contributed by atoms with E-state index in [9.17, 15) is 9.90 Å². The molecule has 0 spiro atoms. The first-order valence-corrected chi connectivity index (χ1v) is 6.58. The topological polar surface area (TPSA) is 82.3 Å². The lowest BCUT2D eigenvalue weighted by Crippen LogP contribution is -2.22. The first-order valence-electron chi connectivity index (χ1n) is 6.20. The van der Waals surface area contributed by atoms with Crippen LogP contribution in [-0.2, 0) is 7.05 Å². The van der Waals surface area contributed by atoms with Gasteiger partial charge in [-0.25, -0.2) is 0 Å². The largest absolute Gasteiger partial charge is 0.545 e. The van der Waals surface area contributed by atoms with Crippen LogP contribution in [0.25, 0.3) is 0 Å². The predicted octanol–water partition coefficient (Wildman–Crippen LogP) is 1.50. The number of aromatic nitrogens is 2. The number of halogens is 1. The fourth-order valence-corrected chi connectivity index (χ4v) is 2.04. The number of nitrogens with zero attached hydrogens (tertiary/aromatic N) is 3. The van der Waals surface area contributed by atoms with E-state index in [1.54, 1.807) is 10.9 Å². The highest BCUT2D eigenvalue weighted by Crippen LogP contribution is 2.22. The molecule has 1 heterocycles. The normalized spacial score (nSPS) is 11.0. The SMILES string of the molecule is Cc1nn(C)c(C)c1/C=N\Nc1cc(C(=O)[O-])ccc1Cl. The van der Waals surface area contributed by atoms with Crippen molar-refractivity contribution >= 4 is 29.5 Å². The van der Waals surface area contributed by atoms with E-state index in [2.05, 4.69) is 15.6 Å². The monoisotopic (exact) mass is 305 g/mol. The molecule has 0 amide bonds. The van der Waals surface area contributed by atoms with Crippen LogP contribution >= 0.6 is 11.6 Å². The molecule has 0 bridgehead atoms. The van der Waals surface area contributed by atoms with Crippen molar-refractivity contribution in [1.29, 1.82) is 0 Å².